The zero-order valence-electron chi connectivity index (χ0n) is 16.0. The second-order valence-corrected chi connectivity index (χ2v) is 6.17. The number of unbranched alkanes of at least 4 members (excludes halogenated alkanes) is 1. The SMILES string of the molecule is CCCCOc1ccc(C2=N/C(=C\c3cc(C(=O)OC)c(C)o3)C(=O)O2)cc1. The summed E-state index contributed by atoms with van der Waals surface area (Å²) >= 11 is 0. The third-order valence-electron chi connectivity index (χ3n) is 4.11. The number of aliphatic imine (C=N–C) groups is 1. The molecule has 7 heteroatoms. The number of aryl methyl sites for hydroxylation is 1. The highest BCUT2D eigenvalue weighted by atomic mass is 16.6. The lowest BCUT2D eigenvalue weighted by Crippen LogP contribution is -2.05. The van der Waals surface area contributed by atoms with Gasteiger partial charge in [-0.05, 0) is 43.7 Å². The van der Waals surface area contributed by atoms with Crippen LogP contribution in [0, 0.1) is 6.92 Å². The van der Waals surface area contributed by atoms with E-state index in [0.29, 0.717) is 29.3 Å². The minimum atomic E-state index is -0.591. The number of hydrogen-bond acceptors (Lipinski definition) is 7. The van der Waals surface area contributed by atoms with Gasteiger partial charge in [-0.15, -0.1) is 0 Å². The summed E-state index contributed by atoms with van der Waals surface area (Å²) in [5, 5.41) is 0. The number of benzene rings is 1. The summed E-state index contributed by atoms with van der Waals surface area (Å²) in [5.41, 5.74) is 1.04. The van der Waals surface area contributed by atoms with E-state index in [-0.39, 0.29) is 11.6 Å². The Morgan fingerprint density at radius 2 is 2.00 bits per heavy atom. The van der Waals surface area contributed by atoms with Crippen molar-refractivity contribution in [3.8, 4) is 5.75 Å². The summed E-state index contributed by atoms with van der Waals surface area (Å²) in [6.45, 7) is 4.40. The molecule has 146 valence electrons. The van der Waals surface area contributed by atoms with E-state index in [1.165, 1.54) is 19.3 Å². The summed E-state index contributed by atoms with van der Waals surface area (Å²) in [7, 11) is 1.29. The van der Waals surface area contributed by atoms with Crippen molar-refractivity contribution in [3.63, 3.8) is 0 Å². The molecule has 0 unspecified atom stereocenters. The van der Waals surface area contributed by atoms with Crippen molar-refractivity contribution in [1.29, 1.82) is 0 Å². The molecule has 0 atom stereocenters. The Morgan fingerprint density at radius 1 is 1.25 bits per heavy atom. The molecule has 28 heavy (non-hydrogen) atoms. The third kappa shape index (κ3) is 4.31. The number of cyclic esters (lactones) is 1. The quantitative estimate of drug-likeness (QED) is 0.409. The van der Waals surface area contributed by atoms with Crippen LogP contribution < -0.4 is 4.74 Å². The summed E-state index contributed by atoms with van der Waals surface area (Å²) in [6.07, 6.45) is 3.48. The second kappa shape index (κ2) is 8.56. The molecule has 2 aromatic rings. The van der Waals surface area contributed by atoms with Crippen LogP contribution in [0.4, 0.5) is 0 Å². The molecule has 0 bridgehead atoms. The first-order valence-corrected chi connectivity index (χ1v) is 8.96. The highest BCUT2D eigenvalue weighted by molar-refractivity contribution is 6.12. The number of methoxy groups -OCH3 is 1. The van der Waals surface area contributed by atoms with Crippen molar-refractivity contribution in [2.75, 3.05) is 13.7 Å². The van der Waals surface area contributed by atoms with Crippen LogP contribution in [0.5, 0.6) is 5.75 Å². The smallest absolute Gasteiger partial charge is 0.363 e. The first-order chi connectivity index (χ1) is 13.5. The van der Waals surface area contributed by atoms with Crippen LogP contribution in [-0.4, -0.2) is 31.6 Å². The zero-order chi connectivity index (χ0) is 20.1. The Bertz CT molecular complexity index is 936. The van der Waals surface area contributed by atoms with Crippen LogP contribution in [0.2, 0.25) is 0 Å². The van der Waals surface area contributed by atoms with Crippen molar-refractivity contribution in [3.05, 3.63) is 58.7 Å². The van der Waals surface area contributed by atoms with Crippen molar-refractivity contribution in [2.45, 2.75) is 26.7 Å². The van der Waals surface area contributed by atoms with Crippen LogP contribution in [0.3, 0.4) is 0 Å². The number of carbonyl (C=O) groups excluding carboxylic acids is 2. The van der Waals surface area contributed by atoms with Gasteiger partial charge in [-0.3, -0.25) is 0 Å². The molecule has 7 nitrogen and oxygen atoms in total. The van der Waals surface area contributed by atoms with Gasteiger partial charge in [0.2, 0.25) is 5.90 Å². The minimum Gasteiger partial charge on any atom is -0.494 e. The summed E-state index contributed by atoms with van der Waals surface area (Å²) in [5.74, 6) is 0.562. The fourth-order valence-electron chi connectivity index (χ4n) is 2.58. The van der Waals surface area contributed by atoms with Gasteiger partial charge in [0, 0.05) is 11.6 Å². The first kappa shape index (κ1) is 19.4. The molecule has 0 aliphatic carbocycles. The van der Waals surface area contributed by atoms with Crippen molar-refractivity contribution >= 4 is 23.9 Å². The molecule has 0 fully saturated rings. The Balaban J connectivity index is 1.77. The van der Waals surface area contributed by atoms with Gasteiger partial charge in [-0.25, -0.2) is 14.6 Å². The molecule has 0 N–H and O–H groups in total. The molecule has 1 aromatic carbocycles. The maximum absolute atomic E-state index is 12.1. The molecule has 2 heterocycles. The van der Waals surface area contributed by atoms with Crippen LogP contribution in [0.1, 0.15) is 47.2 Å². The fraction of sp³-hybridized carbons (Fsp3) is 0.286. The Labute approximate surface area is 162 Å². The summed E-state index contributed by atoms with van der Waals surface area (Å²) in [6, 6.07) is 8.67. The summed E-state index contributed by atoms with van der Waals surface area (Å²) < 4.78 is 21.0. The minimum absolute atomic E-state index is 0.0865. The molecule has 1 aliphatic rings. The largest absolute Gasteiger partial charge is 0.494 e. The lowest BCUT2D eigenvalue weighted by molar-refractivity contribution is -0.129. The number of nitrogens with zero attached hydrogens (tertiary/aromatic N) is 1. The molecular formula is C21H21NO6. The van der Waals surface area contributed by atoms with Gasteiger partial charge in [0.25, 0.3) is 0 Å². The number of rotatable bonds is 7. The molecule has 0 radical (unpaired) electrons. The lowest BCUT2D eigenvalue weighted by Gasteiger charge is -2.05. The van der Waals surface area contributed by atoms with Gasteiger partial charge in [0.05, 0.1) is 13.7 Å². The van der Waals surface area contributed by atoms with Crippen molar-refractivity contribution in [2.24, 2.45) is 4.99 Å². The molecule has 3 rings (SSSR count). The standard InChI is InChI=1S/C21H21NO6/c1-4-5-10-26-15-8-6-14(7-9-15)19-22-18(21(24)28-19)12-16-11-17(13(2)27-16)20(23)25-3/h6-9,11-12H,4-5,10H2,1-3H3/b18-12-. The third-order valence-corrected chi connectivity index (χ3v) is 4.11. The zero-order valence-corrected chi connectivity index (χ0v) is 16.0. The number of carbonyl (C=O) groups is 2. The van der Waals surface area contributed by atoms with Gasteiger partial charge >= 0.3 is 11.9 Å². The van der Waals surface area contributed by atoms with E-state index < -0.39 is 11.9 Å². The van der Waals surface area contributed by atoms with Crippen LogP contribution in [-0.2, 0) is 14.3 Å². The van der Waals surface area contributed by atoms with Crippen LogP contribution >= 0.6 is 0 Å². The van der Waals surface area contributed by atoms with Crippen molar-refractivity contribution in [1.82, 2.24) is 0 Å². The second-order valence-electron chi connectivity index (χ2n) is 6.17. The van der Waals surface area contributed by atoms with Gasteiger partial charge < -0.3 is 18.6 Å². The normalized spacial score (nSPS) is 14.8. The van der Waals surface area contributed by atoms with Gasteiger partial charge in [-0.2, -0.15) is 0 Å². The number of hydrogen-bond donors (Lipinski definition) is 0. The van der Waals surface area contributed by atoms with E-state index in [4.69, 9.17) is 13.9 Å². The molecule has 1 aliphatic heterocycles. The predicted octanol–water partition coefficient (Wildman–Crippen LogP) is 3.90. The molecular weight excluding hydrogens is 362 g/mol. The highest BCUT2D eigenvalue weighted by Gasteiger charge is 2.25. The number of ether oxygens (including phenoxy) is 3. The Hall–Kier alpha value is -3.35. The van der Waals surface area contributed by atoms with E-state index in [1.807, 2.05) is 12.1 Å². The maximum Gasteiger partial charge on any atom is 0.363 e. The Morgan fingerprint density at radius 3 is 2.68 bits per heavy atom. The van der Waals surface area contributed by atoms with Crippen LogP contribution in [0.15, 0.2) is 45.4 Å². The van der Waals surface area contributed by atoms with Gasteiger partial charge in [0.1, 0.15) is 22.8 Å². The lowest BCUT2D eigenvalue weighted by atomic mass is 10.2. The Kier molecular flexibility index (Phi) is 5.93. The van der Waals surface area contributed by atoms with Crippen LogP contribution in [0.25, 0.3) is 6.08 Å². The van der Waals surface area contributed by atoms with Gasteiger partial charge in [0.15, 0.2) is 5.70 Å². The van der Waals surface area contributed by atoms with Crippen molar-refractivity contribution < 1.29 is 28.2 Å². The molecule has 0 spiro atoms. The number of esters is 2. The molecule has 0 saturated carbocycles. The highest BCUT2D eigenvalue weighted by Crippen LogP contribution is 2.23. The average Bonchev–Trinajstić information content (AvgIpc) is 3.24. The topological polar surface area (TPSA) is 87.3 Å². The maximum atomic E-state index is 12.1. The predicted molar refractivity (Wildman–Crippen MR) is 102 cm³/mol. The molecule has 0 saturated heterocycles. The fourth-order valence-corrected chi connectivity index (χ4v) is 2.58. The first-order valence-electron chi connectivity index (χ1n) is 8.96. The van der Waals surface area contributed by atoms with Gasteiger partial charge in [-0.1, -0.05) is 13.3 Å². The molecule has 1 aromatic heterocycles. The van der Waals surface area contributed by atoms with E-state index >= 15 is 0 Å². The number of furan rings is 1. The van der Waals surface area contributed by atoms with E-state index in [1.54, 1.807) is 19.1 Å². The monoisotopic (exact) mass is 383 g/mol. The summed E-state index contributed by atoms with van der Waals surface area (Å²) in [4.78, 5) is 28.0. The van der Waals surface area contributed by atoms with E-state index in [2.05, 4.69) is 16.7 Å². The van der Waals surface area contributed by atoms with E-state index in [0.717, 1.165) is 18.6 Å². The average molecular weight is 383 g/mol. The van der Waals surface area contributed by atoms with E-state index in [9.17, 15) is 9.59 Å². The molecule has 0 amide bonds.